The van der Waals surface area contributed by atoms with Crippen LogP contribution in [-0.2, 0) is 13.0 Å². The van der Waals surface area contributed by atoms with E-state index in [1.165, 1.54) is 22.4 Å². The summed E-state index contributed by atoms with van der Waals surface area (Å²) >= 11 is 0. The molecule has 3 nitrogen and oxygen atoms in total. The lowest BCUT2D eigenvalue weighted by Crippen LogP contribution is -2.24. The van der Waals surface area contributed by atoms with Gasteiger partial charge in [0.15, 0.2) is 0 Å². The van der Waals surface area contributed by atoms with E-state index in [1.54, 1.807) is 0 Å². The van der Waals surface area contributed by atoms with Crippen LogP contribution in [0.25, 0.3) is 16.9 Å². The van der Waals surface area contributed by atoms with Gasteiger partial charge in [0.1, 0.15) is 0 Å². The largest absolute Gasteiger partial charge is 0.312 e. The number of para-hydroxylation sites is 1. The number of hydrogen-bond acceptors (Lipinski definition) is 2. The number of aromatic nitrogens is 2. The highest BCUT2D eigenvalue weighted by molar-refractivity contribution is 5.68. The molecule has 2 heterocycles. The molecule has 0 saturated heterocycles. The maximum atomic E-state index is 4.51. The molecule has 4 rings (SSSR count). The molecule has 2 aromatic carbocycles. The summed E-state index contributed by atoms with van der Waals surface area (Å²) in [5.74, 6) is 0. The third-order valence-electron chi connectivity index (χ3n) is 4.06. The zero-order chi connectivity index (χ0) is 14.1. The minimum absolute atomic E-state index is 0.961. The molecule has 0 amide bonds. The lowest BCUT2D eigenvalue weighted by atomic mass is 9.94. The summed E-state index contributed by atoms with van der Waals surface area (Å²) in [5, 5.41) is 7.95. The van der Waals surface area contributed by atoms with Crippen LogP contribution >= 0.6 is 0 Å². The SMILES string of the molecule is c1ccc(-n2nccc2-c2cccc3c2CCNC3)cc1. The summed E-state index contributed by atoms with van der Waals surface area (Å²) in [4.78, 5) is 0. The van der Waals surface area contributed by atoms with Gasteiger partial charge in [0.05, 0.1) is 17.6 Å². The van der Waals surface area contributed by atoms with Gasteiger partial charge in [0.2, 0.25) is 0 Å². The standard InChI is InChI=1S/C18H17N3/c1-2-6-15(7-3-1)21-18(10-12-20-21)17-8-4-5-14-13-19-11-9-16(14)17/h1-8,10,12,19H,9,11,13H2. The zero-order valence-electron chi connectivity index (χ0n) is 11.8. The van der Waals surface area contributed by atoms with Crippen molar-refractivity contribution in [2.75, 3.05) is 6.54 Å². The molecule has 0 aliphatic carbocycles. The van der Waals surface area contributed by atoms with Crippen molar-refractivity contribution in [3.05, 3.63) is 71.9 Å². The molecule has 104 valence electrons. The van der Waals surface area contributed by atoms with Crippen LogP contribution in [-0.4, -0.2) is 16.3 Å². The second-order valence-corrected chi connectivity index (χ2v) is 5.33. The smallest absolute Gasteiger partial charge is 0.0743 e. The molecule has 0 bridgehead atoms. The Morgan fingerprint density at radius 1 is 0.952 bits per heavy atom. The third kappa shape index (κ3) is 2.16. The quantitative estimate of drug-likeness (QED) is 0.778. The summed E-state index contributed by atoms with van der Waals surface area (Å²) in [7, 11) is 0. The first-order valence-corrected chi connectivity index (χ1v) is 7.35. The highest BCUT2D eigenvalue weighted by atomic mass is 15.3. The monoisotopic (exact) mass is 275 g/mol. The molecule has 0 saturated carbocycles. The van der Waals surface area contributed by atoms with E-state index in [0.717, 1.165) is 25.2 Å². The number of fused-ring (bicyclic) bond motifs is 1. The summed E-state index contributed by atoms with van der Waals surface area (Å²) in [6.45, 7) is 2.01. The van der Waals surface area contributed by atoms with E-state index in [2.05, 4.69) is 46.8 Å². The van der Waals surface area contributed by atoms with Crippen molar-refractivity contribution in [3.63, 3.8) is 0 Å². The first-order chi connectivity index (χ1) is 10.4. The highest BCUT2D eigenvalue weighted by Gasteiger charge is 2.16. The van der Waals surface area contributed by atoms with Crippen LogP contribution in [0, 0.1) is 0 Å². The van der Waals surface area contributed by atoms with Crippen LogP contribution in [0.3, 0.4) is 0 Å². The Bertz CT molecular complexity index is 759. The molecule has 0 fully saturated rings. The number of benzene rings is 2. The molecule has 1 aromatic heterocycles. The first-order valence-electron chi connectivity index (χ1n) is 7.35. The lowest BCUT2D eigenvalue weighted by Gasteiger charge is -2.20. The van der Waals surface area contributed by atoms with E-state index in [-0.39, 0.29) is 0 Å². The van der Waals surface area contributed by atoms with E-state index in [4.69, 9.17) is 0 Å². The van der Waals surface area contributed by atoms with Crippen LogP contribution in [0.5, 0.6) is 0 Å². The topological polar surface area (TPSA) is 29.9 Å². The van der Waals surface area contributed by atoms with E-state index < -0.39 is 0 Å². The van der Waals surface area contributed by atoms with Crippen LogP contribution in [0.2, 0.25) is 0 Å². The Kier molecular flexibility index (Phi) is 3.05. The number of rotatable bonds is 2. The minimum atomic E-state index is 0.961. The maximum Gasteiger partial charge on any atom is 0.0743 e. The molecule has 3 aromatic rings. The van der Waals surface area contributed by atoms with Gasteiger partial charge in [-0.1, -0.05) is 36.4 Å². The average Bonchev–Trinajstić information content (AvgIpc) is 3.04. The summed E-state index contributed by atoms with van der Waals surface area (Å²) in [6.07, 6.45) is 2.95. The van der Waals surface area contributed by atoms with Gasteiger partial charge in [-0.15, -0.1) is 0 Å². The molecule has 1 aliphatic heterocycles. The van der Waals surface area contributed by atoms with Gasteiger partial charge in [-0.2, -0.15) is 5.10 Å². The van der Waals surface area contributed by atoms with Gasteiger partial charge in [0.25, 0.3) is 0 Å². The predicted molar refractivity (Wildman–Crippen MR) is 84.4 cm³/mol. The van der Waals surface area contributed by atoms with Crippen molar-refractivity contribution < 1.29 is 0 Å². The van der Waals surface area contributed by atoms with Crippen molar-refractivity contribution in [2.24, 2.45) is 0 Å². The van der Waals surface area contributed by atoms with Crippen LogP contribution in [0.4, 0.5) is 0 Å². The zero-order valence-corrected chi connectivity index (χ0v) is 11.8. The van der Waals surface area contributed by atoms with Crippen LogP contribution in [0.15, 0.2) is 60.8 Å². The molecular formula is C18H17N3. The number of hydrogen-bond donors (Lipinski definition) is 1. The van der Waals surface area contributed by atoms with Gasteiger partial charge >= 0.3 is 0 Å². The Labute approximate surface area is 124 Å². The van der Waals surface area contributed by atoms with E-state index in [1.807, 2.05) is 29.1 Å². The van der Waals surface area contributed by atoms with Gasteiger partial charge in [-0.3, -0.25) is 0 Å². The Balaban J connectivity index is 1.88. The molecule has 21 heavy (non-hydrogen) atoms. The molecule has 3 heteroatoms. The number of nitrogens with zero attached hydrogens (tertiary/aromatic N) is 2. The fraction of sp³-hybridized carbons (Fsp3) is 0.167. The molecule has 1 aliphatic rings. The molecule has 0 unspecified atom stereocenters. The normalized spacial score (nSPS) is 13.9. The molecule has 0 spiro atoms. The number of nitrogens with one attached hydrogen (secondary N) is 1. The molecule has 1 N–H and O–H groups in total. The first kappa shape index (κ1) is 12.4. The van der Waals surface area contributed by atoms with E-state index in [0.29, 0.717) is 0 Å². The van der Waals surface area contributed by atoms with Crippen LogP contribution < -0.4 is 5.32 Å². The van der Waals surface area contributed by atoms with Crippen molar-refractivity contribution in [2.45, 2.75) is 13.0 Å². The Hall–Kier alpha value is -2.39. The molecular weight excluding hydrogens is 258 g/mol. The van der Waals surface area contributed by atoms with Crippen molar-refractivity contribution in [1.29, 1.82) is 0 Å². The summed E-state index contributed by atoms with van der Waals surface area (Å²) < 4.78 is 2.03. The van der Waals surface area contributed by atoms with Gasteiger partial charge in [-0.25, -0.2) is 4.68 Å². The fourth-order valence-corrected chi connectivity index (χ4v) is 3.05. The van der Waals surface area contributed by atoms with Crippen molar-refractivity contribution >= 4 is 0 Å². The summed E-state index contributed by atoms with van der Waals surface area (Å²) in [6, 6.07) is 19.0. The Morgan fingerprint density at radius 3 is 2.76 bits per heavy atom. The van der Waals surface area contributed by atoms with E-state index in [9.17, 15) is 0 Å². The van der Waals surface area contributed by atoms with Gasteiger partial charge < -0.3 is 5.32 Å². The Morgan fingerprint density at radius 2 is 1.86 bits per heavy atom. The second-order valence-electron chi connectivity index (χ2n) is 5.33. The van der Waals surface area contributed by atoms with Crippen molar-refractivity contribution in [3.8, 4) is 16.9 Å². The summed E-state index contributed by atoms with van der Waals surface area (Å²) in [5.41, 5.74) is 6.42. The maximum absolute atomic E-state index is 4.51. The van der Waals surface area contributed by atoms with E-state index >= 15 is 0 Å². The average molecular weight is 275 g/mol. The predicted octanol–water partition coefficient (Wildman–Crippen LogP) is 3.19. The second kappa shape index (κ2) is 5.19. The minimum Gasteiger partial charge on any atom is -0.312 e. The van der Waals surface area contributed by atoms with Gasteiger partial charge in [0, 0.05) is 12.1 Å². The van der Waals surface area contributed by atoms with Gasteiger partial charge in [-0.05, 0) is 42.3 Å². The highest BCUT2D eigenvalue weighted by Crippen LogP contribution is 2.29. The molecule has 0 radical (unpaired) electrons. The third-order valence-corrected chi connectivity index (χ3v) is 4.06. The fourth-order valence-electron chi connectivity index (χ4n) is 3.05. The molecule has 0 atom stereocenters. The lowest BCUT2D eigenvalue weighted by molar-refractivity contribution is 0.644. The van der Waals surface area contributed by atoms with Crippen molar-refractivity contribution in [1.82, 2.24) is 15.1 Å². The van der Waals surface area contributed by atoms with Crippen LogP contribution in [0.1, 0.15) is 11.1 Å².